The molecule has 1 aromatic rings. The van der Waals surface area contributed by atoms with E-state index in [2.05, 4.69) is 22.5 Å². The molecule has 1 aliphatic rings. The second-order valence-electron chi connectivity index (χ2n) is 6.64. The van der Waals surface area contributed by atoms with Crippen LogP contribution in [0.1, 0.15) is 32.3 Å². The average molecular weight is 359 g/mol. The molecular weight excluding hydrogens is 330 g/mol. The number of esters is 1. The van der Waals surface area contributed by atoms with Crippen LogP contribution in [0.15, 0.2) is 30.3 Å². The van der Waals surface area contributed by atoms with Crippen LogP contribution in [0, 0.1) is 5.92 Å². The molecule has 1 aromatic carbocycles. The van der Waals surface area contributed by atoms with Crippen LogP contribution in [0.5, 0.6) is 0 Å². The quantitative estimate of drug-likeness (QED) is 0.580. The van der Waals surface area contributed by atoms with E-state index in [0.29, 0.717) is 18.8 Å². The van der Waals surface area contributed by atoms with E-state index in [1.165, 1.54) is 18.9 Å². The Kier molecular flexibility index (Phi) is 8.15. The zero-order valence-electron chi connectivity index (χ0n) is 15.7. The smallest absolute Gasteiger partial charge is 0.330 e. The van der Waals surface area contributed by atoms with Crippen LogP contribution in [-0.4, -0.2) is 49.7 Å². The molecule has 0 saturated carbocycles. The number of nitrogens with one attached hydrogen (secondary N) is 2. The van der Waals surface area contributed by atoms with Crippen LogP contribution in [0.2, 0.25) is 0 Å². The van der Waals surface area contributed by atoms with Gasteiger partial charge in [0.15, 0.2) is 0 Å². The summed E-state index contributed by atoms with van der Waals surface area (Å²) in [5.74, 6) is 0.381. The van der Waals surface area contributed by atoms with Gasteiger partial charge in [0, 0.05) is 31.4 Å². The van der Waals surface area contributed by atoms with E-state index < -0.39 is 0 Å². The Labute approximate surface area is 155 Å². The number of benzene rings is 1. The van der Waals surface area contributed by atoms with Gasteiger partial charge in [0.2, 0.25) is 0 Å². The van der Waals surface area contributed by atoms with Crippen LogP contribution in [0.3, 0.4) is 0 Å². The minimum atomic E-state index is -0.364. The molecule has 2 rings (SSSR count). The van der Waals surface area contributed by atoms with Gasteiger partial charge in [-0.2, -0.15) is 0 Å². The molecule has 142 valence electrons. The van der Waals surface area contributed by atoms with E-state index >= 15 is 0 Å². The minimum Gasteiger partial charge on any atom is -0.463 e. The highest BCUT2D eigenvalue weighted by Crippen LogP contribution is 2.14. The molecule has 6 heteroatoms. The second kappa shape index (κ2) is 10.6. The second-order valence-corrected chi connectivity index (χ2v) is 6.64. The summed E-state index contributed by atoms with van der Waals surface area (Å²) in [6, 6.07) is 7.07. The van der Waals surface area contributed by atoms with E-state index in [4.69, 9.17) is 4.74 Å². The van der Waals surface area contributed by atoms with Crippen LogP contribution in [0.4, 0.5) is 10.5 Å². The minimum absolute atomic E-state index is 0.204. The van der Waals surface area contributed by atoms with Crippen molar-refractivity contribution in [2.45, 2.75) is 26.7 Å². The van der Waals surface area contributed by atoms with Gasteiger partial charge in [-0.3, -0.25) is 0 Å². The molecular formula is C20H29N3O3. The molecule has 1 heterocycles. The summed E-state index contributed by atoms with van der Waals surface area (Å²) in [6.45, 7) is 8.16. The molecule has 1 fully saturated rings. The normalized spacial score (nSPS) is 17.8. The molecule has 0 radical (unpaired) electrons. The largest absolute Gasteiger partial charge is 0.463 e. The highest BCUT2D eigenvalue weighted by molar-refractivity contribution is 5.90. The summed E-state index contributed by atoms with van der Waals surface area (Å²) in [7, 11) is 0. The monoisotopic (exact) mass is 359 g/mol. The van der Waals surface area contributed by atoms with Gasteiger partial charge in [-0.15, -0.1) is 0 Å². The molecule has 0 aromatic heterocycles. The molecule has 1 atom stereocenters. The maximum absolute atomic E-state index is 12.0. The third-order valence-corrected chi connectivity index (χ3v) is 4.32. The van der Waals surface area contributed by atoms with Gasteiger partial charge < -0.3 is 20.3 Å². The molecule has 1 unspecified atom stereocenters. The fraction of sp³-hybridized carbons (Fsp3) is 0.500. The van der Waals surface area contributed by atoms with Crippen molar-refractivity contribution in [3.63, 3.8) is 0 Å². The van der Waals surface area contributed by atoms with Gasteiger partial charge >= 0.3 is 12.0 Å². The number of amides is 2. The zero-order valence-corrected chi connectivity index (χ0v) is 15.7. The lowest BCUT2D eigenvalue weighted by molar-refractivity contribution is -0.137. The van der Waals surface area contributed by atoms with E-state index in [0.717, 1.165) is 31.1 Å². The summed E-state index contributed by atoms with van der Waals surface area (Å²) >= 11 is 0. The number of rotatable bonds is 7. The van der Waals surface area contributed by atoms with Crippen LogP contribution in [-0.2, 0) is 9.53 Å². The molecule has 2 amide bonds. The molecule has 0 aliphatic carbocycles. The first kappa shape index (κ1) is 20.0. The fourth-order valence-electron chi connectivity index (χ4n) is 3.02. The van der Waals surface area contributed by atoms with Gasteiger partial charge in [-0.25, -0.2) is 9.59 Å². The Hall–Kier alpha value is -2.34. The molecule has 6 nitrogen and oxygen atoms in total. The van der Waals surface area contributed by atoms with Crippen molar-refractivity contribution in [3.8, 4) is 0 Å². The Morgan fingerprint density at radius 3 is 2.77 bits per heavy atom. The summed E-state index contributed by atoms with van der Waals surface area (Å²) < 4.78 is 4.83. The number of nitrogens with zero attached hydrogens (tertiary/aromatic N) is 1. The standard InChI is InChI=1S/C20H29N3O3/c1-3-26-19(24)11-8-17-6-9-18(10-7-17)22-20(25)21-12-14-23-13-4-5-16(2)15-23/h6-11,16H,3-5,12-15H2,1-2H3,(H2,21,22,25). The van der Waals surface area contributed by atoms with Gasteiger partial charge in [0.1, 0.15) is 0 Å². The van der Waals surface area contributed by atoms with Crippen molar-refractivity contribution in [1.29, 1.82) is 0 Å². The van der Waals surface area contributed by atoms with E-state index in [-0.39, 0.29) is 12.0 Å². The van der Waals surface area contributed by atoms with Gasteiger partial charge in [0.05, 0.1) is 6.61 Å². The maximum atomic E-state index is 12.0. The average Bonchev–Trinajstić information content (AvgIpc) is 2.61. The Morgan fingerprint density at radius 2 is 2.08 bits per heavy atom. The van der Waals surface area contributed by atoms with Crippen molar-refractivity contribution in [3.05, 3.63) is 35.9 Å². The van der Waals surface area contributed by atoms with E-state index in [1.807, 2.05) is 12.1 Å². The van der Waals surface area contributed by atoms with Crippen LogP contribution in [0.25, 0.3) is 6.08 Å². The van der Waals surface area contributed by atoms with Crippen molar-refractivity contribution >= 4 is 23.8 Å². The molecule has 1 aliphatic heterocycles. The van der Waals surface area contributed by atoms with E-state index in [1.54, 1.807) is 25.1 Å². The number of carbonyl (C=O) groups is 2. The first-order chi connectivity index (χ1) is 12.6. The van der Waals surface area contributed by atoms with Crippen molar-refractivity contribution in [2.24, 2.45) is 5.92 Å². The zero-order chi connectivity index (χ0) is 18.8. The SMILES string of the molecule is CCOC(=O)C=Cc1ccc(NC(=O)NCCN2CCCC(C)C2)cc1. The van der Waals surface area contributed by atoms with Gasteiger partial charge in [-0.05, 0) is 56.0 Å². The highest BCUT2D eigenvalue weighted by Gasteiger charge is 2.15. The topological polar surface area (TPSA) is 70.7 Å². The molecule has 1 saturated heterocycles. The van der Waals surface area contributed by atoms with Crippen LogP contribution >= 0.6 is 0 Å². The number of hydrogen-bond donors (Lipinski definition) is 2. The first-order valence-electron chi connectivity index (χ1n) is 9.29. The number of carbonyl (C=O) groups excluding carboxylic acids is 2. The molecule has 26 heavy (non-hydrogen) atoms. The Morgan fingerprint density at radius 1 is 1.31 bits per heavy atom. The van der Waals surface area contributed by atoms with Gasteiger partial charge in [0.25, 0.3) is 0 Å². The summed E-state index contributed by atoms with van der Waals surface area (Å²) in [5.41, 5.74) is 1.57. The van der Waals surface area contributed by atoms with Crippen molar-refractivity contribution < 1.29 is 14.3 Å². The lowest BCUT2D eigenvalue weighted by atomic mass is 10.0. The van der Waals surface area contributed by atoms with Crippen molar-refractivity contribution in [2.75, 3.05) is 38.1 Å². The number of ether oxygens (including phenoxy) is 1. The predicted octanol–water partition coefficient (Wildman–Crippen LogP) is 3.12. The number of urea groups is 1. The summed E-state index contributed by atoms with van der Waals surface area (Å²) in [4.78, 5) is 25.7. The third kappa shape index (κ3) is 7.27. The lowest BCUT2D eigenvalue weighted by Gasteiger charge is -2.30. The fourth-order valence-corrected chi connectivity index (χ4v) is 3.02. The highest BCUT2D eigenvalue weighted by atomic mass is 16.5. The predicted molar refractivity (Wildman–Crippen MR) is 104 cm³/mol. The lowest BCUT2D eigenvalue weighted by Crippen LogP contribution is -2.41. The maximum Gasteiger partial charge on any atom is 0.330 e. The molecule has 0 bridgehead atoms. The molecule has 2 N–H and O–H groups in total. The molecule has 0 spiro atoms. The Balaban J connectivity index is 1.70. The number of piperidine rings is 1. The Bertz CT molecular complexity index is 613. The third-order valence-electron chi connectivity index (χ3n) is 4.32. The number of anilines is 1. The number of likely N-dealkylation sites (tertiary alicyclic amines) is 1. The summed E-state index contributed by atoms with van der Waals surface area (Å²) in [5, 5.41) is 5.71. The summed E-state index contributed by atoms with van der Waals surface area (Å²) in [6.07, 6.45) is 5.61. The van der Waals surface area contributed by atoms with E-state index in [9.17, 15) is 9.59 Å². The number of hydrogen-bond acceptors (Lipinski definition) is 4. The van der Waals surface area contributed by atoms with Crippen LogP contribution < -0.4 is 10.6 Å². The van der Waals surface area contributed by atoms with Gasteiger partial charge in [-0.1, -0.05) is 19.1 Å². The van der Waals surface area contributed by atoms with Crippen molar-refractivity contribution in [1.82, 2.24) is 10.2 Å². The first-order valence-corrected chi connectivity index (χ1v) is 9.29.